The summed E-state index contributed by atoms with van der Waals surface area (Å²) in [7, 11) is 1.95. The highest BCUT2D eigenvalue weighted by molar-refractivity contribution is 8.00. The molecular formula is C24H29N5OS. The molecule has 1 fully saturated rings. The Labute approximate surface area is 188 Å². The number of aromatic nitrogens is 4. The summed E-state index contributed by atoms with van der Waals surface area (Å²) in [5, 5.41) is 9.44. The maximum atomic E-state index is 13.1. The van der Waals surface area contributed by atoms with Crippen LogP contribution in [0.25, 0.3) is 11.4 Å². The molecule has 1 unspecified atom stereocenters. The highest BCUT2D eigenvalue weighted by Crippen LogP contribution is 2.30. The van der Waals surface area contributed by atoms with Gasteiger partial charge in [-0.3, -0.25) is 14.3 Å². The zero-order chi connectivity index (χ0) is 21.6. The molecule has 162 valence electrons. The first-order valence-electron chi connectivity index (χ1n) is 10.9. The highest BCUT2D eigenvalue weighted by Gasteiger charge is 2.28. The SMILES string of the molecule is CC(Sc1nnc(-c2cccnc2)n1Cc1ccccc1)C(=O)N(C)C1CCCCC1. The number of carbonyl (C=O) groups is 1. The molecule has 0 N–H and O–H groups in total. The van der Waals surface area contributed by atoms with Crippen molar-refractivity contribution in [1.82, 2.24) is 24.6 Å². The van der Waals surface area contributed by atoms with Crippen LogP contribution in [-0.2, 0) is 11.3 Å². The molecule has 1 aromatic carbocycles. The summed E-state index contributed by atoms with van der Waals surface area (Å²) in [6.45, 7) is 2.61. The van der Waals surface area contributed by atoms with Crippen LogP contribution >= 0.6 is 11.8 Å². The first-order valence-corrected chi connectivity index (χ1v) is 11.8. The molecule has 1 aliphatic rings. The van der Waals surface area contributed by atoms with Crippen molar-refractivity contribution >= 4 is 17.7 Å². The molecule has 7 heteroatoms. The smallest absolute Gasteiger partial charge is 0.235 e. The van der Waals surface area contributed by atoms with Gasteiger partial charge in [-0.05, 0) is 37.5 Å². The van der Waals surface area contributed by atoms with E-state index < -0.39 is 0 Å². The summed E-state index contributed by atoms with van der Waals surface area (Å²) in [4.78, 5) is 19.3. The van der Waals surface area contributed by atoms with Gasteiger partial charge in [-0.2, -0.15) is 0 Å². The number of rotatable bonds is 7. The van der Waals surface area contributed by atoms with Crippen molar-refractivity contribution in [3.05, 3.63) is 60.4 Å². The minimum absolute atomic E-state index is 0.161. The lowest BCUT2D eigenvalue weighted by Crippen LogP contribution is -2.42. The van der Waals surface area contributed by atoms with Crippen molar-refractivity contribution in [3.8, 4) is 11.4 Å². The summed E-state index contributed by atoms with van der Waals surface area (Å²) >= 11 is 1.48. The lowest BCUT2D eigenvalue weighted by molar-refractivity contribution is -0.131. The van der Waals surface area contributed by atoms with E-state index >= 15 is 0 Å². The average Bonchev–Trinajstić information content (AvgIpc) is 3.21. The number of hydrogen-bond acceptors (Lipinski definition) is 5. The fraction of sp³-hybridized carbons (Fsp3) is 0.417. The molecule has 0 aliphatic heterocycles. The van der Waals surface area contributed by atoms with Crippen LogP contribution in [0, 0.1) is 0 Å². The number of carbonyl (C=O) groups excluding carboxylic acids is 1. The van der Waals surface area contributed by atoms with Gasteiger partial charge in [0, 0.05) is 31.0 Å². The summed E-state index contributed by atoms with van der Waals surface area (Å²) < 4.78 is 2.08. The van der Waals surface area contributed by atoms with E-state index in [1.54, 1.807) is 12.4 Å². The molecule has 0 bridgehead atoms. The quantitative estimate of drug-likeness (QED) is 0.505. The fourth-order valence-electron chi connectivity index (χ4n) is 4.14. The van der Waals surface area contributed by atoms with Crippen LogP contribution in [0.3, 0.4) is 0 Å². The number of benzene rings is 1. The van der Waals surface area contributed by atoms with Gasteiger partial charge in [-0.1, -0.05) is 61.4 Å². The molecule has 1 saturated carbocycles. The van der Waals surface area contributed by atoms with Crippen LogP contribution < -0.4 is 0 Å². The Kier molecular flexibility index (Phi) is 7.02. The molecule has 1 atom stereocenters. The maximum Gasteiger partial charge on any atom is 0.235 e. The van der Waals surface area contributed by atoms with E-state index in [0.29, 0.717) is 12.6 Å². The van der Waals surface area contributed by atoms with Crippen molar-refractivity contribution in [2.24, 2.45) is 0 Å². The van der Waals surface area contributed by atoms with Gasteiger partial charge in [0.2, 0.25) is 5.91 Å². The summed E-state index contributed by atoms with van der Waals surface area (Å²) in [5.41, 5.74) is 2.07. The van der Waals surface area contributed by atoms with Gasteiger partial charge >= 0.3 is 0 Å². The number of amides is 1. The molecule has 31 heavy (non-hydrogen) atoms. The van der Waals surface area contributed by atoms with Crippen LogP contribution in [0.1, 0.15) is 44.6 Å². The molecule has 0 radical (unpaired) electrons. The Morgan fingerprint density at radius 2 is 1.90 bits per heavy atom. The van der Waals surface area contributed by atoms with Crippen molar-refractivity contribution in [3.63, 3.8) is 0 Å². The Bertz CT molecular complexity index is 986. The van der Waals surface area contributed by atoms with Crippen LogP contribution in [-0.4, -0.2) is 48.9 Å². The van der Waals surface area contributed by atoms with Gasteiger partial charge in [0.1, 0.15) is 0 Å². The number of pyridine rings is 1. The average molecular weight is 436 g/mol. The Morgan fingerprint density at radius 1 is 1.13 bits per heavy atom. The van der Waals surface area contributed by atoms with Gasteiger partial charge in [0.05, 0.1) is 11.8 Å². The standard InChI is InChI=1S/C24H29N5OS/c1-18(23(30)28(2)21-13-7-4-8-14-21)31-24-27-26-22(20-12-9-15-25-16-20)29(24)17-19-10-5-3-6-11-19/h3,5-6,9-12,15-16,18,21H,4,7-8,13-14,17H2,1-2H3. The zero-order valence-electron chi connectivity index (χ0n) is 18.1. The van der Waals surface area contributed by atoms with E-state index in [0.717, 1.165) is 34.9 Å². The first-order chi connectivity index (χ1) is 15.1. The number of nitrogens with zero attached hydrogens (tertiary/aromatic N) is 5. The minimum atomic E-state index is -0.229. The molecule has 1 amide bonds. The molecule has 2 aromatic heterocycles. The second-order valence-electron chi connectivity index (χ2n) is 8.12. The highest BCUT2D eigenvalue weighted by atomic mass is 32.2. The van der Waals surface area contributed by atoms with Crippen molar-refractivity contribution in [2.75, 3.05) is 7.05 Å². The normalized spacial score (nSPS) is 15.5. The minimum Gasteiger partial charge on any atom is -0.342 e. The third-order valence-corrected chi connectivity index (χ3v) is 6.99. The van der Waals surface area contributed by atoms with Crippen molar-refractivity contribution < 1.29 is 4.79 Å². The maximum absolute atomic E-state index is 13.1. The van der Waals surface area contributed by atoms with Gasteiger partial charge < -0.3 is 4.90 Å². The summed E-state index contributed by atoms with van der Waals surface area (Å²) in [6, 6.07) is 14.5. The second kappa shape index (κ2) is 10.1. The van der Waals surface area contributed by atoms with Gasteiger partial charge in [-0.15, -0.1) is 10.2 Å². The van der Waals surface area contributed by atoms with E-state index in [1.165, 1.54) is 31.0 Å². The van der Waals surface area contributed by atoms with Crippen molar-refractivity contribution in [2.45, 2.75) is 62.0 Å². The third kappa shape index (κ3) is 5.15. The van der Waals surface area contributed by atoms with E-state index in [2.05, 4.69) is 31.9 Å². The molecule has 2 heterocycles. The van der Waals surface area contributed by atoms with E-state index in [-0.39, 0.29) is 11.2 Å². The van der Waals surface area contributed by atoms with E-state index in [4.69, 9.17) is 0 Å². The molecule has 0 spiro atoms. The van der Waals surface area contributed by atoms with E-state index in [9.17, 15) is 4.79 Å². The molecule has 0 saturated heterocycles. The molecule has 3 aromatic rings. The topological polar surface area (TPSA) is 63.9 Å². The lowest BCUT2D eigenvalue weighted by atomic mass is 9.94. The fourth-order valence-corrected chi connectivity index (χ4v) is 5.09. The predicted octanol–water partition coefficient (Wildman–Crippen LogP) is 4.66. The third-order valence-electron chi connectivity index (χ3n) is 5.92. The van der Waals surface area contributed by atoms with Gasteiger partial charge in [0.15, 0.2) is 11.0 Å². The summed E-state index contributed by atoms with van der Waals surface area (Å²) in [6.07, 6.45) is 9.46. The zero-order valence-corrected chi connectivity index (χ0v) is 19.0. The Morgan fingerprint density at radius 3 is 2.61 bits per heavy atom. The summed E-state index contributed by atoms with van der Waals surface area (Å²) in [5.74, 6) is 0.925. The van der Waals surface area contributed by atoms with Gasteiger partial charge in [0.25, 0.3) is 0 Å². The number of hydrogen-bond donors (Lipinski definition) is 0. The van der Waals surface area contributed by atoms with Crippen LogP contribution in [0.4, 0.5) is 0 Å². The molecule has 4 rings (SSSR count). The van der Waals surface area contributed by atoms with Gasteiger partial charge in [-0.25, -0.2) is 0 Å². The second-order valence-corrected chi connectivity index (χ2v) is 9.43. The molecule has 1 aliphatic carbocycles. The molecular weight excluding hydrogens is 406 g/mol. The lowest BCUT2D eigenvalue weighted by Gasteiger charge is -2.32. The monoisotopic (exact) mass is 435 g/mol. The van der Waals surface area contributed by atoms with Crippen LogP contribution in [0.5, 0.6) is 0 Å². The van der Waals surface area contributed by atoms with Crippen molar-refractivity contribution in [1.29, 1.82) is 0 Å². The Balaban J connectivity index is 1.57. The predicted molar refractivity (Wildman–Crippen MR) is 124 cm³/mol. The largest absolute Gasteiger partial charge is 0.342 e. The van der Waals surface area contributed by atoms with Crippen LogP contribution in [0.15, 0.2) is 60.0 Å². The number of thioether (sulfide) groups is 1. The molecule has 6 nitrogen and oxygen atoms in total. The Hall–Kier alpha value is -2.67. The first kappa shape index (κ1) is 21.6. The van der Waals surface area contributed by atoms with Crippen LogP contribution in [0.2, 0.25) is 0 Å². The van der Waals surface area contributed by atoms with E-state index in [1.807, 2.05) is 49.2 Å².